The van der Waals surface area contributed by atoms with Crippen LogP contribution in [0.2, 0.25) is 0 Å². The molecule has 0 amide bonds. The average Bonchev–Trinajstić information content (AvgIpc) is 2.31. The molecule has 0 unspecified atom stereocenters. The molecular formula is C12H11N3S3. The highest BCUT2D eigenvalue weighted by Crippen LogP contribution is 2.08. The van der Waals surface area contributed by atoms with Gasteiger partial charge in [0.25, 0.3) is 0 Å². The summed E-state index contributed by atoms with van der Waals surface area (Å²) in [7, 11) is 0. The topological polar surface area (TPSA) is 44.5 Å². The van der Waals surface area contributed by atoms with Gasteiger partial charge in [-0.25, -0.2) is 4.98 Å². The molecule has 3 nitrogen and oxygen atoms in total. The second kappa shape index (κ2) is 6.08. The fourth-order valence-corrected chi connectivity index (χ4v) is 2.29. The van der Waals surface area contributed by atoms with Crippen LogP contribution in [0.3, 0.4) is 0 Å². The molecular weight excluding hydrogens is 282 g/mol. The van der Waals surface area contributed by atoms with Gasteiger partial charge in [-0.05, 0) is 40.9 Å². The lowest BCUT2D eigenvalue weighted by Gasteiger charge is -2.02. The highest BCUT2D eigenvalue weighted by Gasteiger charge is 1.99. The molecule has 0 saturated carbocycles. The van der Waals surface area contributed by atoms with E-state index in [1.807, 2.05) is 0 Å². The molecule has 0 atom stereocenters. The van der Waals surface area contributed by atoms with E-state index in [2.05, 4.69) is 39.2 Å². The molecule has 0 spiro atoms. The second-order valence-electron chi connectivity index (χ2n) is 3.81. The number of hydrogen-bond acceptors (Lipinski definition) is 4. The Labute approximate surface area is 120 Å². The van der Waals surface area contributed by atoms with Crippen LogP contribution in [0.4, 0.5) is 0 Å². The first-order valence-electron chi connectivity index (χ1n) is 5.38. The van der Waals surface area contributed by atoms with E-state index in [1.54, 1.807) is 5.37 Å². The number of aromatic nitrogens is 3. The number of benzene rings is 1. The Morgan fingerprint density at radius 2 is 1.72 bits per heavy atom. The SMILES string of the molecule is S=CCc1ccc(Cc2nc(=S)[nH]c(=S)[nH]2)cc1. The average molecular weight is 293 g/mol. The number of rotatable bonds is 4. The first-order valence-corrected chi connectivity index (χ1v) is 6.67. The predicted molar refractivity (Wildman–Crippen MR) is 81.2 cm³/mol. The molecule has 1 aromatic heterocycles. The lowest BCUT2D eigenvalue weighted by Crippen LogP contribution is -1.99. The van der Waals surface area contributed by atoms with E-state index >= 15 is 0 Å². The van der Waals surface area contributed by atoms with Crippen molar-refractivity contribution in [2.45, 2.75) is 12.8 Å². The van der Waals surface area contributed by atoms with Crippen LogP contribution in [0.1, 0.15) is 17.0 Å². The number of nitrogens with one attached hydrogen (secondary N) is 2. The number of thiocarbonyl (C=S) groups is 1. The summed E-state index contributed by atoms with van der Waals surface area (Å²) in [6, 6.07) is 8.26. The molecule has 0 aliphatic heterocycles. The van der Waals surface area contributed by atoms with Crippen molar-refractivity contribution in [1.29, 1.82) is 0 Å². The van der Waals surface area contributed by atoms with Crippen molar-refractivity contribution >= 4 is 42.0 Å². The molecule has 2 aromatic rings. The highest BCUT2D eigenvalue weighted by atomic mass is 32.1. The molecule has 18 heavy (non-hydrogen) atoms. The van der Waals surface area contributed by atoms with E-state index in [0.717, 1.165) is 17.8 Å². The summed E-state index contributed by atoms with van der Waals surface area (Å²) < 4.78 is 0.911. The maximum Gasteiger partial charge on any atom is 0.200 e. The van der Waals surface area contributed by atoms with Gasteiger partial charge in [0.15, 0.2) is 4.77 Å². The van der Waals surface area contributed by atoms with Crippen molar-refractivity contribution in [3.63, 3.8) is 0 Å². The summed E-state index contributed by atoms with van der Waals surface area (Å²) in [6.45, 7) is 0. The largest absolute Gasteiger partial charge is 0.320 e. The van der Waals surface area contributed by atoms with Crippen LogP contribution in [0.25, 0.3) is 0 Å². The zero-order chi connectivity index (χ0) is 13.0. The molecule has 0 radical (unpaired) electrons. The van der Waals surface area contributed by atoms with Crippen LogP contribution in [0, 0.1) is 9.54 Å². The number of aromatic amines is 2. The van der Waals surface area contributed by atoms with Gasteiger partial charge in [0.05, 0.1) is 0 Å². The van der Waals surface area contributed by atoms with E-state index < -0.39 is 0 Å². The molecule has 1 aromatic carbocycles. The van der Waals surface area contributed by atoms with Crippen molar-refractivity contribution in [3.8, 4) is 0 Å². The number of hydrogen-bond donors (Lipinski definition) is 2. The molecule has 0 aliphatic carbocycles. The Bertz CT molecular complexity index is 627. The summed E-state index contributed by atoms with van der Waals surface area (Å²) in [4.78, 5) is 9.97. The van der Waals surface area contributed by atoms with Crippen molar-refractivity contribution in [2.75, 3.05) is 0 Å². The van der Waals surface area contributed by atoms with Crippen molar-refractivity contribution in [2.24, 2.45) is 0 Å². The van der Waals surface area contributed by atoms with Gasteiger partial charge in [-0.3, -0.25) is 0 Å². The monoisotopic (exact) mass is 293 g/mol. The fraction of sp³-hybridized carbons (Fsp3) is 0.167. The smallest absolute Gasteiger partial charge is 0.200 e. The Morgan fingerprint density at radius 3 is 2.33 bits per heavy atom. The fourth-order valence-electron chi connectivity index (χ4n) is 1.60. The number of H-pyrrole nitrogens is 2. The maximum atomic E-state index is 5.03. The summed E-state index contributed by atoms with van der Waals surface area (Å²) in [6.07, 6.45) is 1.49. The number of nitrogens with zero attached hydrogens (tertiary/aromatic N) is 1. The summed E-state index contributed by atoms with van der Waals surface area (Å²) >= 11 is 14.8. The molecule has 92 valence electrons. The van der Waals surface area contributed by atoms with Crippen molar-refractivity contribution in [3.05, 3.63) is 50.8 Å². The zero-order valence-corrected chi connectivity index (χ0v) is 11.9. The third kappa shape index (κ3) is 3.63. The Hall–Kier alpha value is -1.24. The second-order valence-corrected chi connectivity index (χ2v) is 4.94. The predicted octanol–water partition coefficient (Wildman–Crippen LogP) is 3.33. The van der Waals surface area contributed by atoms with Crippen molar-refractivity contribution < 1.29 is 0 Å². The summed E-state index contributed by atoms with van der Waals surface area (Å²) in [5, 5.41) is 1.73. The Morgan fingerprint density at radius 1 is 1.06 bits per heavy atom. The van der Waals surface area contributed by atoms with Gasteiger partial charge < -0.3 is 9.97 Å². The summed E-state index contributed by atoms with van der Waals surface area (Å²) in [5.41, 5.74) is 2.36. The third-order valence-electron chi connectivity index (χ3n) is 2.43. The van der Waals surface area contributed by atoms with Crippen molar-refractivity contribution in [1.82, 2.24) is 15.0 Å². The molecule has 2 N–H and O–H groups in total. The van der Waals surface area contributed by atoms with Gasteiger partial charge in [-0.15, -0.1) is 0 Å². The first-order chi connectivity index (χ1) is 8.67. The van der Waals surface area contributed by atoms with E-state index in [9.17, 15) is 0 Å². The highest BCUT2D eigenvalue weighted by molar-refractivity contribution is 7.79. The molecule has 1 heterocycles. The van der Waals surface area contributed by atoms with Crippen LogP contribution >= 0.6 is 36.7 Å². The van der Waals surface area contributed by atoms with Gasteiger partial charge in [0.2, 0.25) is 4.77 Å². The molecule has 0 saturated heterocycles. The maximum absolute atomic E-state index is 5.03. The minimum Gasteiger partial charge on any atom is -0.320 e. The quantitative estimate of drug-likeness (QED) is 0.849. The van der Waals surface area contributed by atoms with E-state index in [0.29, 0.717) is 16.0 Å². The van der Waals surface area contributed by atoms with Crippen LogP contribution in [0.15, 0.2) is 24.3 Å². The van der Waals surface area contributed by atoms with E-state index in [-0.39, 0.29) is 0 Å². The molecule has 0 bridgehead atoms. The van der Waals surface area contributed by atoms with Crippen LogP contribution in [0.5, 0.6) is 0 Å². The van der Waals surface area contributed by atoms with Gasteiger partial charge >= 0.3 is 0 Å². The van der Waals surface area contributed by atoms with Gasteiger partial charge in [0.1, 0.15) is 5.82 Å². The van der Waals surface area contributed by atoms with Gasteiger partial charge in [-0.1, -0.05) is 36.5 Å². The lowest BCUT2D eigenvalue weighted by molar-refractivity contribution is 0.892. The normalized spacial score (nSPS) is 10.2. The molecule has 2 rings (SSSR count). The minimum atomic E-state index is 0.408. The molecule has 0 fully saturated rings. The van der Waals surface area contributed by atoms with E-state index in [4.69, 9.17) is 36.7 Å². The first kappa shape index (κ1) is 13.2. The third-order valence-corrected chi connectivity index (χ3v) is 2.99. The van der Waals surface area contributed by atoms with Crippen LogP contribution in [-0.2, 0) is 12.8 Å². The Kier molecular flexibility index (Phi) is 4.46. The summed E-state index contributed by atoms with van der Waals surface area (Å²) in [5.74, 6) is 0.770. The minimum absolute atomic E-state index is 0.408. The van der Waals surface area contributed by atoms with Gasteiger partial charge in [0, 0.05) is 12.8 Å². The molecule has 0 aliphatic rings. The standard InChI is InChI=1S/C12H11N3S3/c16-6-5-8-1-3-9(4-2-8)7-10-13-11(17)15-12(18)14-10/h1-4,6H,5,7H2,(H2,13,14,15,17,18). The Balaban J connectivity index is 2.20. The van der Waals surface area contributed by atoms with Crippen LogP contribution < -0.4 is 0 Å². The lowest BCUT2D eigenvalue weighted by atomic mass is 10.1. The van der Waals surface area contributed by atoms with Crippen LogP contribution in [-0.4, -0.2) is 20.3 Å². The zero-order valence-electron chi connectivity index (χ0n) is 9.47. The molecule has 6 heteroatoms. The van der Waals surface area contributed by atoms with Gasteiger partial charge in [-0.2, -0.15) is 0 Å². The van der Waals surface area contributed by atoms with E-state index in [1.165, 1.54) is 5.56 Å².